The molecule has 3 rings (SSSR count). The largest absolute Gasteiger partial charge is 0.497 e. The summed E-state index contributed by atoms with van der Waals surface area (Å²) in [6.07, 6.45) is 3.29. The van der Waals surface area contributed by atoms with Crippen LogP contribution in [-0.2, 0) is 0 Å². The van der Waals surface area contributed by atoms with Gasteiger partial charge in [0.15, 0.2) is 0 Å². The van der Waals surface area contributed by atoms with E-state index in [0.717, 1.165) is 36.7 Å². The molecule has 2 aromatic rings. The Kier molecular flexibility index (Phi) is 4.18. The normalized spacial score (nSPS) is 21.1. The first-order valence-corrected chi connectivity index (χ1v) is 7.63. The van der Waals surface area contributed by atoms with Gasteiger partial charge in [-0.2, -0.15) is 0 Å². The lowest BCUT2D eigenvalue weighted by atomic mass is 9.91. The molecule has 0 saturated heterocycles. The molecular weight excluding hydrogens is 298 g/mol. The Balaban J connectivity index is 1.92. The number of nitrogens with one attached hydrogen (secondary N) is 1. The molecule has 1 heterocycles. The van der Waals surface area contributed by atoms with E-state index in [4.69, 9.17) is 9.84 Å². The van der Waals surface area contributed by atoms with Gasteiger partial charge in [0, 0.05) is 18.2 Å². The molecule has 23 heavy (non-hydrogen) atoms. The third-order valence-corrected chi connectivity index (χ3v) is 4.38. The van der Waals surface area contributed by atoms with Crippen LogP contribution in [0.1, 0.15) is 31.7 Å². The standard InChI is InChI=1S/C16H19N3O4/c1-23-12-6-7-13-14(8-12)19(15(20)9-17-13)11-4-2-10(3-5-11)18-16(21)22/h6-11,18H,2-5H2,1H3,(H,21,22). The van der Waals surface area contributed by atoms with Crippen LogP contribution in [0.5, 0.6) is 5.75 Å². The van der Waals surface area contributed by atoms with Crippen molar-refractivity contribution >= 4 is 17.1 Å². The van der Waals surface area contributed by atoms with Crippen LogP contribution >= 0.6 is 0 Å². The molecular formula is C16H19N3O4. The number of benzene rings is 1. The van der Waals surface area contributed by atoms with Crippen LogP contribution in [-0.4, -0.2) is 33.9 Å². The Morgan fingerprint density at radius 3 is 2.74 bits per heavy atom. The van der Waals surface area contributed by atoms with Gasteiger partial charge in [-0.3, -0.25) is 4.79 Å². The van der Waals surface area contributed by atoms with Gasteiger partial charge in [0.25, 0.3) is 5.56 Å². The molecule has 7 nitrogen and oxygen atoms in total. The Hall–Kier alpha value is -2.57. The zero-order valence-electron chi connectivity index (χ0n) is 12.9. The summed E-state index contributed by atoms with van der Waals surface area (Å²) in [6.45, 7) is 0. The molecule has 7 heteroatoms. The van der Waals surface area contributed by atoms with Gasteiger partial charge in [0.05, 0.1) is 24.3 Å². The average molecular weight is 317 g/mol. The molecule has 0 bridgehead atoms. The second-order valence-electron chi connectivity index (χ2n) is 5.78. The summed E-state index contributed by atoms with van der Waals surface area (Å²) in [5, 5.41) is 11.3. The Morgan fingerprint density at radius 1 is 1.35 bits per heavy atom. The third kappa shape index (κ3) is 3.13. The van der Waals surface area contributed by atoms with Crippen molar-refractivity contribution in [2.24, 2.45) is 0 Å². The minimum atomic E-state index is -0.996. The second-order valence-corrected chi connectivity index (χ2v) is 5.78. The van der Waals surface area contributed by atoms with Crippen LogP contribution in [0.3, 0.4) is 0 Å². The van der Waals surface area contributed by atoms with Crippen LogP contribution < -0.4 is 15.6 Å². The van der Waals surface area contributed by atoms with Crippen LogP contribution in [0.4, 0.5) is 4.79 Å². The smallest absolute Gasteiger partial charge is 0.404 e. The topological polar surface area (TPSA) is 93.5 Å². The lowest BCUT2D eigenvalue weighted by Gasteiger charge is -2.30. The number of hydrogen-bond acceptors (Lipinski definition) is 4. The number of amides is 1. The van der Waals surface area contributed by atoms with Gasteiger partial charge in [0.2, 0.25) is 0 Å². The highest BCUT2D eigenvalue weighted by Crippen LogP contribution is 2.30. The summed E-state index contributed by atoms with van der Waals surface area (Å²) >= 11 is 0. The van der Waals surface area contributed by atoms with Gasteiger partial charge in [-0.1, -0.05) is 0 Å². The predicted octanol–water partition coefficient (Wildman–Crippen LogP) is 2.16. The number of nitrogens with zero attached hydrogens (tertiary/aromatic N) is 2. The summed E-state index contributed by atoms with van der Waals surface area (Å²) in [5.74, 6) is 0.680. The number of carbonyl (C=O) groups is 1. The van der Waals surface area contributed by atoms with Crippen molar-refractivity contribution in [3.63, 3.8) is 0 Å². The molecule has 0 spiro atoms. The van der Waals surface area contributed by atoms with Crippen molar-refractivity contribution in [2.45, 2.75) is 37.8 Å². The average Bonchev–Trinajstić information content (AvgIpc) is 2.55. The zero-order chi connectivity index (χ0) is 16.4. The predicted molar refractivity (Wildman–Crippen MR) is 85.0 cm³/mol. The van der Waals surface area contributed by atoms with Crippen LogP contribution in [0.15, 0.2) is 29.2 Å². The third-order valence-electron chi connectivity index (χ3n) is 4.38. The SMILES string of the molecule is COc1ccc2ncc(=O)n(C3CCC(NC(=O)O)CC3)c2c1. The molecule has 1 aromatic carbocycles. The van der Waals surface area contributed by atoms with Crippen molar-refractivity contribution in [1.29, 1.82) is 0 Å². The lowest BCUT2D eigenvalue weighted by Crippen LogP contribution is -2.38. The van der Waals surface area contributed by atoms with Crippen LogP contribution in [0.2, 0.25) is 0 Å². The fourth-order valence-electron chi connectivity index (χ4n) is 3.27. The summed E-state index contributed by atoms with van der Waals surface area (Å²) in [5.41, 5.74) is 1.36. The number of carboxylic acid groups (broad SMARTS) is 1. The van der Waals surface area contributed by atoms with Crippen molar-refractivity contribution < 1.29 is 14.6 Å². The minimum Gasteiger partial charge on any atom is -0.497 e. The van der Waals surface area contributed by atoms with E-state index in [-0.39, 0.29) is 17.6 Å². The number of ether oxygens (including phenoxy) is 1. The first-order valence-electron chi connectivity index (χ1n) is 7.63. The highest BCUT2D eigenvalue weighted by atomic mass is 16.5. The van der Waals surface area contributed by atoms with Gasteiger partial charge in [-0.05, 0) is 37.8 Å². The van der Waals surface area contributed by atoms with E-state index >= 15 is 0 Å². The number of fused-ring (bicyclic) bond motifs is 1. The first-order chi connectivity index (χ1) is 11.1. The number of methoxy groups -OCH3 is 1. The van der Waals surface area contributed by atoms with Gasteiger partial charge in [-0.25, -0.2) is 9.78 Å². The maximum Gasteiger partial charge on any atom is 0.404 e. The van der Waals surface area contributed by atoms with Crippen LogP contribution in [0, 0.1) is 0 Å². The van der Waals surface area contributed by atoms with Crippen molar-refractivity contribution in [3.05, 3.63) is 34.7 Å². The zero-order valence-corrected chi connectivity index (χ0v) is 12.9. The molecule has 1 aliphatic rings. The van der Waals surface area contributed by atoms with Crippen LogP contribution in [0.25, 0.3) is 11.0 Å². The molecule has 0 unspecified atom stereocenters. The van der Waals surface area contributed by atoms with E-state index in [9.17, 15) is 9.59 Å². The molecule has 1 amide bonds. The number of hydrogen-bond donors (Lipinski definition) is 2. The summed E-state index contributed by atoms with van der Waals surface area (Å²) in [6, 6.07) is 5.49. The summed E-state index contributed by atoms with van der Waals surface area (Å²) in [4.78, 5) is 27.3. The molecule has 1 fully saturated rings. The van der Waals surface area contributed by atoms with E-state index in [2.05, 4.69) is 10.3 Å². The van der Waals surface area contributed by atoms with E-state index in [1.54, 1.807) is 11.7 Å². The molecule has 1 aliphatic carbocycles. The first kappa shape index (κ1) is 15.3. The highest BCUT2D eigenvalue weighted by molar-refractivity contribution is 5.76. The number of aromatic nitrogens is 2. The van der Waals surface area contributed by atoms with Gasteiger partial charge in [-0.15, -0.1) is 0 Å². The number of rotatable bonds is 3. The maximum absolute atomic E-state index is 12.3. The van der Waals surface area contributed by atoms with Gasteiger partial charge in [0.1, 0.15) is 5.75 Å². The second kappa shape index (κ2) is 6.28. The molecule has 1 aromatic heterocycles. The molecule has 0 aliphatic heterocycles. The summed E-state index contributed by atoms with van der Waals surface area (Å²) in [7, 11) is 1.59. The van der Waals surface area contributed by atoms with Gasteiger partial charge >= 0.3 is 6.09 Å². The molecule has 1 saturated carbocycles. The fraction of sp³-hybridized carbons (Fsp3) is 0.438. The fourth-order valence-corrected chi connectivity index (χ4v) is 3.27. The lowest BCUT2D eigenvalue weighted by molar-refractivity contribution is 0.182. The Labute approximate surface area is 132 Å². The van der Waals surface area contributed by atoms with Gasteiger partial charge < -0.3 is 19.7 Å². The van der Waals surface area contributed by atoms with E-state index in [0.29, 0.717) is 5.75 Å². The van der Waals surface area contributed by atoms with E-state index in [1.807, 2.05) is 18.2 Å². The highest BCUT2D eigenvalue weighted by Gasteiger charge is 2.25. The maximum atomic E-state index is 12.3. The monoisotopic (exact) mass is 317 g/mol. The molecule has 2 N–H and O–H groups in total. The summed E-state index contributed by atoms with van der Waals surface area (Å²) < 4.78 is 7.01. The quantitative estimate of drug-likeness (QED) is 0.905. The minimum absolute atomic E-state index is 0.0397. The Morgan fingerprint density at radius 2 is 2.09 bits per heavy atom. The molecule has 0 radical (unpaired) electrons. The Bertz CT molecular complexity index is 778. The molecule has 122 valence electrons. The van der Waals surface area contributed by atoms with E-state index in [1.165, 1.54) is 6.20 Å². The molecule has 0 atom stereocenters. The van der Waals surface area contributed by atoms with Crippen molar-refractivity contribution in [3.8, 4) is 5.75 Å². The van der Waals surface area contributed by atoms with Crippen molar-refractivity contribution in [2.75, 3.05) is 7.11 Å². The van der Waals surface area contributed by atoms with Crippen molar-refractivity contribution in [1.82, 2.24) is 14.9 Å². The van der Waals surface area contributed by atoms with E-state index < -0.39 is 6.09 Å².